The Morgan fingerprint density at radius 1 is 1.32 bits per heavy atom. The lowest BCUT2D eigenvalue weighted by atomic mass is 9.90. The molecule has 1 fully saturated rings. The van der Waals surface area contributed by atoms with Gasteiger partial charge in [-0.15, -0.1) is 11.3 Å². The molecule has 3 rings (SSSR count). The summed E-state index contributed by atoms with van der Waals surface area (Å²) in [5.74, 6) is -0.449. The normalized spacial score (nSPS) is 22.7. The smallest absolute Gasteiger partial charge is 0.219 e. The Balaban J connectivity index is 1.55. The van der Waals surface area contributed by atoms with Crippen LogP contribution in [0.4, 0.5) is 0 Å². The van der Waals surface area contributed by atoms with Crippen LogP contribution in [0.25, 0.3) is 10.1 Å². The first kappa shape index (κ1) is 23.4. The van der Waals surface area contributed by atoms with E-state index in [1.54, 1.807) is 23.5 Å². The highest BCUT2D eigenvalue weighted by Crippen LogP contribution is 2.35. The van der Waals surface area contributed by atoms with Crippen molar-refractivity contribution in [1.29, 1.82) is 0 Å². The summed E-state index contributed by atoms with van der Waals surface area (Å²) in [5, 5.41) is 24.8. The van der Waals surface area contributed by atoms with Crippen LogP contribution >= 0.6 is 11.3 Å². The number of nitrogens with one attached hydrogen (secondary N) is 1. The molecule has 1 saturated carbocycles. The summed E-state index contributed by atoms with van der Waals surface area (Å²) in [4.78, 5) is 24.7. The highest BCUT2D eigenvalue weighted by atomic mass is 32.1. The highest BCUT2D eigenvalue weighted by molar-refractivity contribution is 7.19. The lowest BCUT2D eigenvalue weighted by Gasteiger charge is -2.16. The Kier molecular flexibility index (Phi) is 8.58. The first-order valence-corrected chi connectivity index (χ1v) is 11.8. The number of carbonyl (C=O) groups is 2. The van der Waals surface area contributed by atoms with Gasteiger partial charge in [0.25, 0.3) is 0 Å². The van der Waals surface area contributed by atoms with Crippen LogP contribution in [0.3, 0.4) is 0 Å². The van der Waals surface area contributed by atoms with E-state index < -0.39 is 12.2 Å². The van der Waals surface area contributed by atoms with Crippen molar-refractivity contribution in [2.24, 2.45) is 11.8 Å². The lowest BCUT2D eigenvalue weighted by molar-refractivity contribution is -0.121. The zero-order chi connectivity index (χ0) is 22.2. The van der Waals surface area contributed by atoms with Gasteiger partial charge in [-0.1, -0.05) is 42.5 Å². The number of amides is 1. The number of fused-ring (bicyclic) bond motifs is 1. The summed E-state index contributed by atoms with van der Waals surface area (Å²) in [6.45, 7) is 2.55. The number of Topliss-reactive ketones (excluding diaryl/α,β-unsaturated/α-hetero) is 1. The second kappa shape index (κ2) is 11.4. The van der Waals surface area contributed by atoms with Crippen LogP contribution in [0, 0.1) is 11.8 Å². The maximum Gasteiger partial charge on any atom is 0.219 e. The number of carbonyl (C=O) groups excluding carboxylic acids is 2. The molecule has 0 spiro atoms. The third-order valence-electron chi connectivity index (χ3n) is 5.69. The van der Waals surface area contributed by atoms with E-state index in [9.17, 15) is 19.8 Å². The minimum atomic E-state index is -0.759. The number of thiophene rings is 1. The largest absolute Gasteiger partial charge is 0.392 e. The average molecular weight is 442 g/mol. The van der Waals surface area contributed by atoms with Gasteiger partial charge in [-0.3, -0.25) is 9.59 Å². The first-order chi connectivity index (χ1) is 15.0. The van der Waals surface area contributed by atoms with E-state index >= 15 is 0 Å². The van der Waals surface area contributed by atoms with Gasteiger partial charge < -0.3 is 15.5 Å². The molecular formula is C25H31NO4S. The van der Waals surface area contributed by atoms with Crippen molar-refractivity contribution in [1.82, 2.24) is 5.32 Å². The number of unbranched alkanes of at least 4 members (excludes halogenated alkanes) is 1. The molecule has 0 unspecified atom stereocenters. The topological polar surface area (TPSA) is 86.6 Å². The summed E-state index contributed by atoms with van der Waals surface area (Å²) in [6, 6.07) is 9.97. The van der Waals surface area contributed by atoms with Crippen LogP contribution in [-0.4, -0.2) is 34.6 Å². The van der Waals surface area contributed by atoms with Crippen molar-refractivity contribution in [2.75, 3.05) is 6.54 Å². The molecule has 2 aromatic rings. The van der Waals surface area contributed by atoms with E-state index in [2.05, 4.69) is 5.32 Å². The second-order valence-electron chi connectivity index (χ2n) is 7.99. The molecule has 1 heterocycles. The van der Waals surface area contributed by atoms with Gasteiger partial charge in [0.15, 0.2) is 0 Å². The van der Waals surface area contributed by atoms with Gasteiger partial charge in [0.05, 0.1) is 6.10 Å². The number of aliphatic hydroxyl groups excluding tert-OH is 2. The van der Waals surface area contributed by atoms with Gasteiger partial charge in [0.2, 0.25) is 5.91 Å². The van der Waals surface area contributed by atoms with Gasteiger partial charge in [0, 0.05) is 40.8 Å². The molecule has 4 atom stereocenters. The van der Waals surface area contributed by atoms with Gasteiger partial charge in [0.1, 0.15) is 11.9 Å². The van der Waals surface area contributed by atoms with E-state index in [1.165, 1.54) is 0 Å². The minimum Gasteiger partial charge on any atom is -0.392 e. The quantitative estimate of drug-likeness (QED) is 0.379. The zero-order valence-corrected chi connectivity index (χ0v) is 18.7. The van der Waals surface area contributed by atoms with E-state index in [0.717, 1.165) is 27.8 Å². The Labute approximate surface area is 187 Å². The maximum atomic E-state index is 12.4. The third-order valence-corrected chi connectivity index (χ3v) is 6.88. The SMILES string of the molecule is CCNC(=O)CCCC=CC[C@H]1C(=O)C[C@@H](O)[C@@H]1C=C[C@@H](O)c1cc2ccccc2s1. The molecule has 3 N–H and O–H groups in total. The third kappa shape index (κ3) is 6.35. The van der Waals surface area contributed by atoms with Crippen LogP contribution in [0.15, 0.2) is 54.6 Å². The molecule has 0 radical (unpaired) electrons. The van der Waals surface area contributed by atoms with Gasteiger partial charge in [-0.05, 0) is 43.7 Å². The highest BCUT2D eigenvalue weighted by Gasteiger charge is 2.39. The van der Waals surface area contributed by atoms with Crippen LogP contribution in [0.5, 0.6) is 0 Å². The van der Waals surface area contributed by atoms with E-state index in [0.29, 0.717) is 19.4 Å². The predicted octanol–water partition coefficient (Wildman–Crippen LogP) is 4.31. The van der Waals surface area contributed by atoms with Crippen molar-refractivity contribution in [2.45, 2.75) is 51.2 Å². The number of allylic oxidation sites excluding steroid dienone is 2. The Morgan fingerprint density at radius 2 is 2.13 bits per heavy atom. The number of ketones is 1. The van der Waals surface area contributed by atoms with Crippen LogP contribution < -0.4 is 5.32 Å². The van der Waals surface area contributed by atoms with E-state index in [4.69, 9.17) is 0 Å². The number of rotatable bonds is 10. The van der Waals surface area contributed by atoms with Crippen molar-refractivity contribution in [3.05, 3.63) is 59.5 Å². The number of hydrogen-bond donors (Lipinski definition) is 3. The van der Waals surface area contributed by atoms with Crippen LogP contribution in [0.2, 0.25) is 0 Å². The predicted molar refractivity (Wildman–Crippen MR) is 125 cm³/mol. The fourth-order valence-corrected chi connectivity index (χ4v) is 5.06. The van der Waals surface area contributed by atoms with Crippen LogP contribution in [0.1, 0.15) is 50.0 Å². The molecule has 1 aliphatic rings. The zero-order valence-electron chi connectivity index (χ0n) is 17.9. The van der Waals surface area contributed by atoms with Gasteiger partial charge in [-0.2, -0.15) is 0 Å². The van der Waals surface area contributed by atoms with Crippen LogP contribution in [-0.2, 0) is 9.59 Å². The standard InChI is InChI=1S/C25H31NO4S/c1-2-26-25(30)12-6-4-3-5-10-18-19(22(29)16-21(18)28)13-14-20(27)24-15-17-9-7-8-11-23(17)31-24/h3,5,7-9,11,13-15,18-20,22,27,29H,2,4,6,10,12,16H2,1H3,(H,26,30)/t18-,19-,20-,22-/m1/s1. The molecule has 5 nitrogen and oxygen atoms in total. The molecule has 0 saturated heterocycles. The van der Waals surface area contributed by atoms with Gasteiger partial charge in [-0.25, -0.2) is 0 Å². The molecular weight excluding hydrogens is 410 g/mol. The summed E-state index contributed by atoms with van der Waals surface area (Å²) >= 11 is 1.55. The summed E-state index contributed by atoms with van der Waals surface area (Å²) in [6.07, 6.45) is 8.78. The monoisotopic (exact) mass is 441 g/mol. The van der Waals surface area contributed by atoms with Crippen molar-refractivity contribution < 1.29 is 19.8 Å². The Morgan fingerprint density at radius 3 is 2.90 bits per heavy atom. The molecule has 166 valence electrons. The maximum absolute atomic E-state index is 12.4. The molecule has 1 aromatic heterocycles. The summed E-state index contributed by atoms with van der Waals surface area (Å²) in [5.41, 5.74) is 0. The second-order valence-corrected chi connectivity index (χ2v) is 9.11. The fraction of sp³-hybridized carbons (Fsp3) is 0.440. The van der Waals surface area contributed by atoms with Crippen molar-refractivity contribution in [3.63, 3.8) is 0 Å². The first-order valence-electron chi connectivity index (χ1n) is 11.0. The Hall–Kier alpha value is -2.28. The molecule has 1 aromatic carbocycles. The molecule has 0 aliphatic heterocycles. The number of aliphatic hydroxyl groups is 2. The molecule has 31 heavy (non-hydrogen) atoms. The van der Waals surface area contributed by atoms with Gasteiger partial charge >= 0.3 is 0 Å². The average Bonchev–Trinajstić information content (AvgIpc) is 3.29. The molecule has 6 heteroatoms. The number of benzene rings is 1. The summed E-state index contributed by atoms with van der Waals surface area (Å²) < 4.78 is 1.12. The van der Waals surface area contributed by atoms with E-state index in [1.807, 2.05) is 49.4 Å². The lowest BCUT2D eigenvalue weighted by Crippen LogP contribution is -2.21. The van der Waals surface area contributed by atoms with E-state index in [-0.39, 0.29) is 29.9 Å². The molecule has 0 bridgehead atoms. The number of hydrogen-bond acceptors (Lipinski definition) is 5. The fourth-order valence-electron chi connectivity index (χ4n) is 4.03. The summed E-state index contributed by atoms with van der Waals surface area (Å²) in [7, 11) is 0. The molecule has 1 amide bonds. The Bertz CT molecular complexity index is 915. The van der Waals surface area contributed by atoms with Crippen molar-refractivity contribution in [3.8, 4) is 0 Å². The molecule has 1 aliphatic carbocycles. The van der Waals surface area contributed by atoms with Crippen molar-refractivity contribution >= 4 is 33.1 Å². The minimum absolute atomic E-state index is 0.0606.